The standard InChI is InChI=1S/C15H16Cl2N4OS/c1-3-8-21-12(4-2)19-20-15(21)23-9-13(22)18-14-10(16)6-5-7-11(14)17/h3,5-7H,1,4,8-9H2,2H3,(H,18,22). The number of anilines is 1. The molecule has 8 heteroatoms. The molecular weight excluding hydrogens is 355 g/mol. The van der Waals surface area contributed by atoms with E-state index in [1.165, 1.54) is 11.8 Å². The summed E-state index contributed by atoms with van der Waals surface area (Å²) in [7, 11) is 0. The number of amides is 1. The largest absolute Gasteiger partial charge is 0.323 e. The van der Waals surface area contributed by atoms with E-state index in [4.69, 9.17) is 23.2 Å². The van der Waals surface area contributed by atoms with Crippen LogP contribution in [0.25, 0.3) is 0 Å². The summed E-state index contributed by atoms with van der Waals surface area (Å²) in [6, 6.07) is 5.06. The molecule has 0 radical (unpaired) electrons. The van der Waals surface area contributed by atoms with E-state index in [9.17, 15) is 4.79 Å². The van der Waals surface area contributed by atoms with Gasteiger partial charge in [-0.2, -0.15) is 0 Å². The molecule has 0 saturated heterocycles. The Bertz CT molecular complexity index is 697. The van der Waals surface area contributed by atoms with Crippen LogP contribution in [0.3, 0.4) is 0 Å². The van der Waals surface area contributed by atoms with Crippen LogP contribution in [0.1, 0.15) is 12.7 Å². The molecule has 1 aromatic heterocycles. The molecule has 2 aromatic rings. The van der Waals surface area contributed by atoms with Gasteiger partial charge in [-0.1, -0.05) is 54.0 Å². The summed E-state index contributed by atoms with van der Waals surface area (Å²) >= 11 is 13.4. The molecule has 5 nitrogen and oxygen atoms in total. The highest BCUT2D eigenvalue weighted by molar-refractivity contribution is 7.99. The lowest BCUT2D eigenvalue weighted by molar-refractivity contribution is -0.113. The quantitative estimate of drug-likeness (QED) is 0.589. The summed E-state index contributed by atoms with van der Waals surface area (Å²) in [5.41, 5.74) is 0.420. The minimum absolute atomic E-state index is 0.181. The van der Waals surface area contributed by atoms with Crippen LogP contribution >= 0.6 is 35.0 Å². The SMILES string of the molecule is C=CCn1c(CC)nnc1SCC(=O)Nc1c(Cl)cccc1Cl. The van der Waals surface area contributed by atoms with Gasteiger partial charge in [0.2, 0.25) is 5.91 Å². The smallest absolute Gasteiger partial charge is 0.234 e. The van der Waals surface area contributed by atoms with Crippen LogP contribution in [-0.4, -0.2) is 26.4 Å². The molecule has 0 spiro atoms. The summed E-state index contributed by atoms with van der Waals surface area (Å²) in [5.74, 6) is 0.832. The highest BCUT2D eigenvalue weighted by Crippen LogP contribution is 2.30. The molecule has 0 aliphatic carbocycles. The molecule has 0 unspecified atom stereocenters. The first-order valence-electron chi connectivity index (χ1n) is 6.96. The average molecular weight is 371 g/mol. The van der Waals surface area contributed by atoms with E-state index in [0.29, 0.717) is 27.4 Å². The number of aromatic nitrogens is 3. The predicted octanol–water partition coefficient (Wildman–Crippen LogP) is 4.06. The van der Waals surface area contributed by atoms with Crippen LogP contribution in [-0.2, 0) is 17.8 Å². The summed E-state index contributed by atoms with van der Waals surface area (Å²) in [5, 5.41) is 12.4. The minimum Gasteiger partial charge on any atom is -0.323 e. The number of benzene rings is 1. The zero-order valence-corrected chi connectivity index (χ0v) is 14.9. The number of hydrogen-bond donors (Lipinski definition) is 1. The number of allylic oxidation sites excluding steroid dienone is 1. The molecule has 1 amide bonds. The van der Waals surface area contributed by atoms with E-state index in [1.54, 1.807) is 24.3 Å². The van der Waals surface area contributed by atoms with Gasteiger partial charge >= 0.3 is 0 Å². The normalized spacial score (nSPS) is 10.6. The van der Waals surface area contributed by atoms with Crippen LogP contribution in [0.5, 0.6) is 0 Å². The third-order valence-electron chi connectivity index (χ3n) is 2.98. The first-order chi connectivity index (χ1) is 11.1. The van der Waals surface area contributed by atoms with Crippen molar-refractivity contribution in [3.63, 3.8) is 0 Å². The third-order valence-corrected chi connectivity index (χ3v) is 4.58. The first kappa shape index (κ1) is 17.8. The summed E-state index contributed by atoms with van der Waals surface area (Å²) in [6.07, 6.45) is 2.54. The van der Waals surface area contributed by atoms with E-state index in [2.05, 4.69) is 22.1 Å². The number of thioether (sulfide) groups is 1. The third kappa shape index (κ3) is 4.50. The van der Waals surface area contributed by atoms with Crippen LogP contribution in [0, 0.1) is 0 Å². The lowest BCUT2D eigenvalue weighted by Gasteiger charge is -2.09. The van der Waals surface area contributed by atoms with Crippen molar-refractivity contribution in [3.05, 3.63) is 46.7 Å². The Morgan fingerprint density at radius 1 is 1.39 bits per heavy atom. The maximum absolute atomic E-state index is 12.1. The van der Waals surface area contributed by atoms with Crippen molar-refractivity contribution >= 4 is 46.6 Å². The molecule has 0 saturated carbocycles. The molecule has 1 heterocycles. The van der Waals surface area contributed by atoms with Crippen molar-refractivity contribution in [1.29, 1.82) is 0 Å². The molecule has 1 N–H and O–H groups in total. The Kier molecular flexibility index (Phi) is 6.50. The molecular formula is C15H16Cl2N4OS. The van der Waals surface area contributed by atoms with Gasteiger partial charge < -0.3 is 9.88 Å². The van der Waals surface area contributed by atoms with Crippen LogP contribution in [0.15, 0.2) is 36.0 Å². The average Bonchev–Trinajstić information content (AvgIpc) is 2.91. The topological polar surface area (TPSA) is 59.8 Å². The van der Waals surface area contributed by atoms with Gasteiger partial charge in [-0.15, -0.1) is 16.8 Å². The predicted molar refractivity (Wildman–Crippen MR) is 95.4 cm³/mol. The fourth-order valence-electron chi connectivity index (χ4n) is 1.92. The second-order valence-corrected chi connectivity index (χ2v) is 6.34. The zero-order valence-electron chi connectivity index (χ0n) is 12.6. The number of carbonyl (C=O) groups excluding carboxylic acids is 1. The number of carbonyl (C=O) groups is 1. The van der Waals surface area contributed by atoms with E-state index in [0.717, 1.165) is 12.2 Å². The van der Waals surface area contributed by atoms with Crippen molar-refractivity contribution in [3.8, 4) is 0 Å². The fraction of sp³-hybridized carbons (Fsp3) is 0.267. The van der Waals surface area contributed by atoms with Crippen LogP contribution in [0.2, 0.25) is 10.0 Å². The lowest BCUT2D eigenvalue weighted by atomic mass is 10.3. The van der Waals surface area contributed by atoms with Crippen molar-refractivity contribution in [1.82, 2.24) is 14.8 Å². The Morgan fingerprint density at radius 3 is 2.70 bits per heavy atom. The van der Waals surface area contributed by atoms with Gasteiger partial charge in [0.15, 0.2) is 5.16 Å². The lowest BCUT2D eigenvalue weighted by Crippen LogP contribution is -2.15. The number of aryl methyl sites for hydroxylation is 1. The second-order valence-electron chi connectivity index (χ2n) is 4.59. The molecule has 0 fully saturated rings. The van der Waals surface area contributed by atoms with E-state index < -0.39 is 0 Å². The zero-order chi connectivity index (χ0) is 16.8. The highest BCUT2D eigenvalue weighted by Gasteiger charge is 2.14. The molecule has 1 aromatic carbocycles. The van der Waals surface area contributed by atoms with E-state index in [1.807, 2.05) is 11.5 Å². The van der Waals surface area contributed by atoms with Gasteiger partial charge in [0.05, 0.1) is 21.5 Å². The Hall–Kier alpha value is -1.50. The van der Waals surface area contributed by atoms with Gasteiger partial charge in [0, 0.05) is 13.0 Å². The number of rotatable bonds is 7. The van der Waals surface area contributed by atoms with Gasteiger partial charge in [0.25, 0.3) is 0 Å². The second kappa shape index (κ2) is 8.38. The van der Waals surface area contributed by atoms with E-state index >= 15 is 0 Å². The van der Waals surface area contributed by atoms with Crippen molar-refractivity contribution < 1.29 is 4.79 Å². The molecule has 23 heavy (non-hydrogen) atoms. The van der Waals surface area contributed by atoms with Crippen LogP contribution < -0.4 is 5.32 Å². The maximum Gasteiger partial charge on any atom is 0.234 e. The highest BCUT2D eigenvalue weighted by atomic mass is 35.5. The number of halogens is 2. The van der Waals surface area contributed by atoms with Gasteiger partial charge in [-0.05, 0) is 12.1 Å². The summed E-state index contributed by atoms with van der Waals surface area (Å²) in [6.45, 7) is 6.34. The molecule has 0 aliphatic rings. The Labute approximate surface area is 149 Å². The van der Waals surface area contributed by atoms with Gasteiger partial charge in [0.1, 0.15) is 5.82 Å². The van der Waals surface area contributed by atoms with Gasteiger partial charge in [-0.3, -0.25) is 4.79 Å². The first-order valence-corrected chi connectivity index (χ1v) is 8.70. The summed E-state index contributed by atoms with van der Waals surface area (Å²) < 4.78 is 1.94. The number of nitrogens with one attached hydrogen (secondary N) is 1. The molecule has 0 atom stereocenters. The van der Waals surface area contributed by atoms with Crippen molar-refractivity contribution in [2.24, 2.45) is 0 Å². The van der Waals surface area contributed by atoms with Crippen molar-refractivity contribution in [2.45, 2.75) is 25.0 Å². The molecule has 0 aliphatic heterocycles. The monoisotopic (exact) mass is 370 g/mol. The number of nitrogens with zero attached hydrogens (tertiary/aromatic N) is 3. The van der Waals surface area contributed by atoms with Crippen molar-refractivity contribution in [2.75, 3.05) is 11.1 Å². The van der Waals surface area contributed by atoms with E-state index in [-0.39, 0.29) is 11.7 Å². The summed E-state index contributed by atoms with van der Waals surface area (Å²) in [4.78, 5) is 12.1. The minimum atomic E-state index is -0.212. The number of hydrogen-bond acceptors (Lipinski definition) is 4. The fourth-order valence-corrected chi connectivity index (χ4v) is 3.18. The van der Waals surface area contributed by atoms with Gasteiger partial charge in [-0.25, -0.2) is 0 Å². The molecule has 2 rings (SSSR count). The van der Waals surface area contributed by atoms with Crippen LogP contribution in [0.4, 0.5) is 5.69 Å². The Balaban J connectivity index is 2.02. The molecule has 122 valence electrons. The molecule has 0 bridgehead atoms. The number of para-hydroxylation sites is 1. The Morgan fingerprint density at radius 2 is 2.09 bits per heavy atom. The maximum atomic E-state index is 12.1.